The van der Waals surface area contributed by atoms with Gasteiger partial charge in [-0.3, -0.25) is 9.36 Å². The molecule has 2 aromatic rings. The predicted molar refractivity (Wildman–Crippen MR) is 87.0 cm³/mol. The highest BCUT2D eigenvalue weighted by atomic mass is 32.2. The molecule has 1 heterocycles. The van der Waals surface area contributed by atoms with Gasteiger partial charge in [0.25, 0.3) is 0 Å². The second kappa shape index (κ2) is 7.13. The lowest BCUT2D eigenvalue weighted by Gasteiger charge is -2.09. The zero-order chi connectivity index (χ0) is 15.2. The highest BCUT2D eigenvalue weighted by molar-refractivity contribution is 7.99. The van der Waals surface area contributed by atoms with E-state index in [2.05, 4.69) is 48.9 Å². The normalized spacial score (nSPS) is 10.4. The van der Waals surface area contributed by atoms with Crippen LogP contribution >= 0.6 is 11.8 Å². The van der Waals surface area contributed by atoms with E-state index in [0.29, 0.717) is 12.3 Å². The first-order valence-corrected chi connectivity index (χ1v) is 7.71. The SMILES string of the molecule is C=CCNC(=O)CSc1nccn1-c1ccc(C)c(C)c1. The van der Waals surface area contributed by atoms with Gasteiger partial charge in [0, 0.05) is 24.6 Å². The zero-order valence-electron chi connectivity index (χ0n) is 12.3. The molecule has 0 atom stereocenters. The number of hydrogen-bond acceptors (Lipinski definition) is 3. The molecule has 0 aliphatic rings. The minimum atomic E-state index is -0.0189. The maximum Gasteiger partial charge on any atom is 0.230 e. The Balaban J connectivity index is 2.09. The van der Waals surface area contributed by atoms with Crippen LogP contribution in [0.25, 0.3) is 5.69 Å². The van der Waals surface area contributed by atoms with Crippen LogP contribution in [0.3, 0.4) is 0 Å². The van der Waals surface area contributed by atoms with Crippen molar-refractivity contribution in [1.82, 2.24) is 14.9 Å². The molecule has 1 aromatic carbocycles. The van der Waals surface area contributed by atoms with Gasteiger partial charge in [0.2, 0.25) is 5.91 Å². The third-order valence-corrected chi connectivity index (χ3v) is 4.12. The standard InChI is InChI=1S/C16H19N3OS/c1-4-7-17-15(20)11-21-16-18-8-9-19(16)14-6-5-12(2)13(3)10-14/h4-6,8-10H,1,7,11H2,2-3H3,(H,17,20). The summed E-state index contributed by atoms with van der Waals surface area (Å²) in [6.07, 6.45) is 5.33. The summed E-state index contributed by atoms with van der Waals surface area (Å²) in [5.74, 6) is 0.324. The maximum absolute atomic E-state index is 11.6. The van der Waals surface area contributed by atoms with E-state index in [4.69, 9.17) is 0 Å². The van der Waals surface area contributed by atoms with Gasteiger partial charge >= 0.3 is 0 Å². The maximum atomic E-state index is 11.6. The van der Waals surface area contributed by atoms with Crippen molar-refractivity contribution in [1.29, 1.82) is 0 Å². The molecular formula is C16H19N3OS. The van der Waals surface area contributed by atoms with E-state index in [1.807, 2.05) is 10.8 Å². The molecule has 0 spiro atoms. The summed E-state index contributed by atoms with van der Waals surface area (Å²) in [5.41, 5.74) is 3.56. The highest BCUT2D eigenvalue weighted by Crippen LogP contribution is 2.21. The number of amides is 1. The molecule has 0 saturated heterocycles. The van der Waals surface area contributed by atoms with Crippen molar-refractivity contribution in [3.05, 3.63) is 54.4 Å². The molecule has 0 aliphatic carbocycles. The zero-order valence-corrected chi connectivity index (χ0v) is 13.1. The van der Waals surface area contributed by atoms with Crippen molar-refractivity contribution in [3.8, 4) is 5.69 Å². The number of imidazole rings is 1. The average Bonchev–Trinajstić information content (AvgIpc) is 2.94. The Morgan fingerprint density at radius 3 is 2.95 bits per heavy atom. The fraction of sp³-hybridized carbons (Fsp3) is 0.250. The summed E-state index contributed by atoms with van der Waals surface area (Å²) in [7, 11) is 0. The number of nitrogens with zero attached hydrogens (tertiary/aromatic N) is 2. The van der Waals surface area contributed by atoms with Gasteiger partial charge < -0.3 is 5.32 Å². The molecule has 0 aliphatic heterocycles. The molecule has 1 aromatic heterocycles. The number of rotatable bonds is 6. The number of aromatic nitrogens is 2. The smallest absolute Gasteiger partial charge is 0.230 e. The number of aryl methyl sites for hydroxylation is 2. The van der Waals surface area contributed by atoms with Crippen LogP contribution in [-0.2, 0) is 4.79 Å². The van der Waals surface area contributed by atoms with Crippen molar-refractivity contribution in [2.24, 2.45) is 0 Å². The fourth-order valence-electron chi connectivity index (χ4n) is 1.84. The lowest BCUT2D eigenvalue weighted by Crippen LogP contribution is -2.25. The van der Waals surface area contributed by atoms with E-state index in [1.165, 1.54) is 22.9 Å². The second-order valence-electron chi connectivity index (χ2n) is 4.73. The largest absolute Gasteiger partial charge is 0.352 e. The number of carbonyl (C=O) groups is 1. The predicted octanol–water partition coefficient (Wildman–Crippen LogP) is 2.88. The van der Waals surface area contributed by atoms with Gasteiger partial charge in [-0.2, -0.15) is 0 Å². The highest BCUT2D eigenvalue weighted by Gasteiger charge is 2.09. The van der Waals surface area contributed by atoms with Crippen LogP contribution in [0.1, 0.15) is 11.1 Å². The Bertz CT molecular complexity index is 649. The van der Waals surface area contributed by atoms with Crippen LogP contribution in [0.15, 0.2) is 48.4 Å². The quantitative estimate of drug-likeness (QED) is 0.659. The summed E-state index contributed by atoms with van der Waals surface area (Å²) >= 11 is 1.42. The van der Waals surface area contributed by atoms with Gasteiger partial charge in [0.05, 0.1) is 5.75 Å². The monoisotopic (exact) mass is 301 g/mol. The van der Waals surface area contributed by atoms with E-state index in [1.54, 1.807) is 12.3 Å². The van der Waals surface area contributed by atoms with E-state index in [-0.39, 0.29) is 5.91 Å². The minimum absolute atomic E-state index is 0.0189. The van der Waals surface area contributed by atoms with Crippen molar-refractivity contribution in [2.45, 2.75) is 19.0 Å². The number of nitrogens with one attached hydrogen (secondary N) is 1. The average molecular weight is 301 g/mol. The molecular weight excluding hydrogens is 282 g/mol. The van der Waals surface area contributed by atoms with E-state index in [0.717, 1.165) is 10.8 Å². The molecule has 0 radical (unpaired) electrons. The summed E-state index contributed by atoms with van der Waals surface area (Å²) in [6.45, 7) is 8.24. The van der Waals surface area contributed by atoms with Gasteiger partial charge in [-0.1, -0.05) is 23.9 Å². The molecule has 0 saturated carbocycles. The summed E-state index contributed by atoms with van der Waals surface area (Å²) in [6, 6.07) is 6.28. The van der Waals surface area contributed by atoms with Crippen LogP contribution in [0.5, 0.6) is 0 Å². The molecule has 21 heavy (non-hydrogen) atoms. The second-order valence-corrected chi connectivity index (χ2v) is 5.67. The summed E-state index contributed by atoms with van der Waals surface area (Å²) in [5, 5.41) is 3.57. The first-order chi connectivity index (χ1) is 10.1. The van der Waals surface area contributed by atoms with Crippen molar-refractivity contribution < 1.29 is 4.79 Å². The lowest BCUT2D eigenvalue weighted by molar-refractivity contribution is -0.118. The third kappa shape index (κ3) is 3.98. The van der Waals surface area contributed by atoms with E-state index < -0.39 is 0 Å². The Hall–Kier alpha value is -2.01. The van der Waals surface area contributed by atoms with Gasteiger partial charge in [-0.05, 0) is 37.1 Å². The first kappa shape index (κ1) is 15.4. The molecule has 2 rings (SSSR count). The molecule has 1 N–H and O–H groups in total. The fourth-order valence-corrected chi connectivity index (χ4v) is 2.64. The molecule has 4 nitrogen and oxygen atoms in total. The Kier molecular flexibility index (Phi) is 5.22. The minimum Gasteiger partial charge on any atom is -0.352 e. The van der Waals surface area contributed by atoms with Gasteiger partial charge in [-0.15, -0.1) is 6.58 Å². The van der Waals surface area contributed by atoms with Gasteiger partial charge in [-0.25, -0.2) is 4.98 Å². The van der Waals surface area contributed by atoms with Crippen molar-refractivity contribution in [3.63, 3.8) is 0 Å². The van der Waals surface area contributed by atoms with Crippen LogP contribution < -0.4 is 5.32 Å². The van der Waals surface area contributed by atoms with Crippen LogP contribution in [0, 0.1) is 13.8 Å². The number of carbonyl (C=O) groups excluding carboxylic acids is 1. The van der Waals surface area contributed by atoms with Gasteiger partial charge in [0.1, 0.15) is 0 Å². The number of benzene rings is 1. The van der Waals surface area contributed by atoms with E-state index in [9.17, 15) is 4.79 Å². The summed E-state index contributed by atoms with van der Waals surface area (Å²) in [4.78, 5) is 15.9. The Labute approximate surface area is 129 Å². The topological polar surface area (TPSA) is 46.9 Å². The molecule has 110 valence electrons. The molecule has 0 bridgehead atoms. The third-order valence-electron chi connectivity index (χ3n) is 3.15. The lowest BCUT2D eigenvalue weighted by atomic mass is 10.1. The molecule has 0 fully saturated rings. The molecule has 1 amide bonds. The first-order valence-electron chi connectivity index (χ1n) is 6.73. The van der Waals surface area contributed by atoms with Gasteiger partial charge in [0.15, 0.2) is 5.16 Å². The van der Waals surface area contributed by atoms with Crippen LogP contribution in [0.4, 0.5) is 0 Å². The molecule has 0 unspecified atom stereocenters. The molecule has 5 heteroatoms. The Morgan fingerprint density at radius 2 is 2.24 bits per heavy atom. The van der Waals surface area contributed by atoms with Crippen LogP contribution in [-0.4, -0.2) is 27.8 Å². The Morgan fingerprint density at radius 1 is 1.43 bits per heavy atom. The van der Waals surface area contributed by atoms with Crippen molar-refractivity contribution >= 4 is 17.7 Å². The van der Waals surface area contributed by atoms with Crippen molar-refractivity contribution in [2.75, 3.05) is 12.3 Å². The van der Waals surface area contributed by atoms with E-state index >= 15 is 0 Å². The number of hydrogen-bond donors (Lipinski definition) is 1. The van der Waals surface area contributed by atoms with Crippen LogP contribution in [0.2, 0.25) is 0 Å². The number of thioether (sulfide) groups is 1. The summed E-state index contributed by atoms with van der Waals surface area (Å²) < 4.78 is 2.00.